The molecule has 0 bridgehead atoms. The number of allylic oxidation sites excluding steroid dienone is 3. The van der Waals surface area contributed by atoms with Crippen LogP contribution < -0.4 is 0 Å². The third kappa shape index (κ3) is 3.46. The summed E-state index contributed by atoms with van der Waals surface area (Å²) in [4.78, 5) is 0. The van der Waals surface area contributed by atoms with Crippen LogP contribution in [-0.2, 0) is 0 Å². The Hall–Kier alpha value is -0.560. The van der Waals surface area contributed by atoms with Crippen LogP contribution in [0.2, 0.25) is 0 Å². The molecule has 30 heavy (non-hydrogen) atoms. The summed E-state index contributed by atoms with van der Waals surface area (Å²) < 4.78 is 0. The first-order valence-electron chi connectivity index (χ1n) is 13.1. The number of hydrogen-bond donors (Lipinski definition) is 1. The van der Waals surface area contributed by atoms with Gasteiger partial charge in [-0.3, -0.25) is 0 Å². The molecule has 1 N–H and O–H groups in total. The van der Waals surface area contributed by atoms with Crippen LogP contribution >= 0.6 is 0 Å². The van der Waals surface area contributed by atoms with Crippen LogP contribution in [0.3, 0.4) is 0 Å². The van der Waals surface area contributed by atoms with E-state index < -0.39 is 0 Å². The molecule has 1 nitrogen and oxygen atoms in total. The summed E-state index contributed by atoms with van der Waals surface area (Å²) in [6, 6.07) is 0. The first-order chi connectivity index (χ1) is 14.1. The van der Waals surface area contributed by atoms with E-state index in [-0.39, 0.29) is 6.10 Å². The Balaban J connectivity index is 1.52. The van der Waals surface area contributed by atoms with E-state index in [1.807, 2.05) is 5.57 Å². The molecule has 3 saturated carbocycles. The highest BCUT2D eigenvalue weighted by atomic mass is 16.3. The van der Waals surface area contributed by atoms with Crippen molar-refractivity contribution in [2.24, 2.45) is 52.3 Å². The average Bonchev–Trinajstić information content (AvgIpc) is 3.06. The highest BCUT2D eigenvalue weighted by Crippen LogP contribution is 2.67. The lowest BCUT2D eigenvalue weighted by molar-refractivity contribution is -0.0773. The van der Waals surface area contributed by atoms with Gasteiger partial charge in [0.1, 0.15) is 0 Å². The fraction of sp³-hybridized carbons (Fsp3) is 0.862. The molecule has 0 heterocycles. The van der Waals surface area contributed by atoms with Crippen molar-refractivity contribution in [1.82, 2.24) is 0 Å². The van der Waals surface area contributed by atoms with Gasteiger partial charge >= 0.3 is 0 Å². The second-order valence-electron chi connectivity index (χ2n) is 12.7. The first kappa shape index (κ1) is 22.6. The number of aliphatic hydroxyl groups is 1. The standard InChI is InChI=1S/C29H48O/c1-18(2)19(3)8-9-20(4)23-12-13-25-22-10-11-24-21(5)27(30)15-17-29(24,7)26(22)14-16-28(23,25)6/h10,18,20-21,23-27,30H,3,8-9,11-17H2,1-2,4-7H3/t20-,21-,23-,24+,25+,26+,27+,28-,29+/m1/s1. The second kappa shape index (κ2) is 8.09. The number of fused-ring (bicyclic) bond motifs is 5. The van der Waals surface area contributed by atoms with Crippen molar-refractivity contribution in [3.05, 3.63) is 23.8 Å². The Labute approximate surface area is 186 Å². The zero-order valence-corrected chi connectivity index (χ0v) is 20.7. The molecular formula is C29H48O. The lowest BCUT2D eigenvalue weighted by Gasteiger charge is -2.59. The van der Waals surface area contributed by atoms with Gasteiger partial charge in [0.15, 0.2) is 0 Å². The number of rotatable bonds is 5. The molecule has 0 aromatic rings. The van der Waals surface area contributed by atoms with Crippen molar-refractivity contribution in [1.29, 1.82) is 0 Å². The van der Waals surface area contributed by atoms with Gasteiger partial charge in [-0.15, -0.1) is 0 Å². The van der Waals surface area contributed by atoms with Gasteiger partial charge in [-0.1, -0.05) is 65.3 Å². The predicted octanol–water partition coefficient (Wildman–Crippen LogP) is 7.80. The normalized spacial score (nSPS) is 46.6. The smallest absolute Gasteiger partial charge is 0.0568 e. The largest absolute Gasteiger partial charge is 0.393 e. The van der Waals surface area contributed by atoms with Crippen molar-refractivity contribution in [3.63, 3.8) is 0 Å². The molecule has 0 spiro atoms. The maximum absolute atomic E-state index is 10.5. The van der Waals surface area contributed by atoms with Crippen LogP contribution in [0.5, 0.6) is 0 Å². The molecule has 3 fully saturated rings. The molecule has 4 aliphatic carbocycles. The molecule has 0 radical (unpaired) electrons. The first-order valence-corrected chi connectivity index (χ1v) is 13.1. The number of hydrogen-bond acceptors (Lipinski definition) is 1. The van der Waals surface area contributed by atoms with Crippen molar-refractivity contribution < 1.29 is 5.11 Å². The fourth-order valence-electron chi connectivity index (χ4n) is 8.82. The van der Waals surface area contributed by atoms with E-state index in [1.165, 1.54) is 56.9 Å². The molecule has 4 rings (SSSR count). The zero-order chi connectivity index (χ0) is 21.8. The maximum Gasteiger partial charge on any atom is 0.0568 e. The van der Waals surface area contributed by atoms with Crippen molar-refractivity contribution in [2.45, 2.75) is 105 Å². The van der Waals surface area contributed by atoms with E-state index in [0.29, 0.717) is 28.6 Å². The van der Waals surface area contributed by atoms with Gasteiger partial charge in [0.05, 0.1) is 6.10 Å². The summed E-state index contributed by atoms with van der Waals surface area (Å²) in [5.74, 6) is 5.04. The molecule has 9 atom stereocenters. The van der Waals surface area contributed by atoms with E-state index in [1.54, 1.807) is 0 Å². The quantitative estimate of drug-likeness (QED) is 0.457. The predicted molar refractivity (Wildman–Crippen MR) is 128 cm³/mol. The molecule has 0 aromatic heterocycles. The summed E-state index contributed by atoms with van der Waals surface area (Å²) in [6.07, 6.45) is 14.2. The van der Waals surface area contributed by atoms with Gasteiger partial charge in [-0.05, 0) is 110 Å². The summed E-state index contributed by atoms with van der Waals surface area (Å²) in [5, 5.41) is 10.5. The fourth-order valence-corrected chi connectivity index (χ4v) is 8.82. The van der Waals surface area contributed by atoms with Crippen LogP contribution in [0.1, 0.15) is 99.3 Å². The Morgan fingerprint density at radius 3 is 2.43 bits per heavy atom. The van der Waals surface area contributed by atoms with E-state index in [9.17, 15) is 5.11 Å². The van der Waals surface area contributed by atoms with E-state index in [2.05, 4.69) is 54.2 Å². The van der Waals surface area contributed by atoms with Gasteiger partial charge in [-0.25, -0.2) is 0 Å². The van der Waals surface area contributed by atoms with Crippen LogP contribution in [0, 0.1) is 52.3 Å². The summed E-state index contributed by atoms with van der Waals surface area (Å²) in [6.45, 7) is 19.0. The van der Waals surface area contributed by atoms with Gasteiger partial charge in [-0.2, -0.15) is 0 Å². The van der Waals surface area contributed by atoms with Crippen LogP contribution in [-0.4, -0.2) is 11.2 Å². The maximum atomic E-state index is 10.5. The highest BCUT2D eigenvalue weighted by Gasteiger charge is 2.59. The Morgan fingerprint density at radius 1 is 1.07 bits per heavy atom. The number of aliphatic hydroxyl groups excluding tert-OH is 1. The van der Waals surface area contributed by atoms with Gasteiger partial charge < -0.3 is 5.11 Å². The minimum absolute atomic E-state index is 0.0795. The van der Waals surface area contributed by atoms with Gasteiger partial charge in [0.25, 0.3) is 0 Å². The monoisotopic (exact) mass is 412 g/mol. The minimum Gasteiger partial charge on any atom is -0.393 e. The molecule has 0 amide bonds. The van der Waals surface area contributed by atoms with Gasteiger partial charge in [0, 0.05) is 0 Å². The molecule has 1 heteroatoms. The van der Waals surface area contributed by atoms with E-state index in [4.69, 9.17) is 0 Å². The minimum atomic E-state index is -0.0795. The van der Waals surface area contributed by atoms with Crippen LogP contribution in [0.4, 0.5) is 0 Å². The molecule has 0 aromatic carbocycles. The molecule has 4 aliphatic rings. The third-order valence-electron chi connectivity index (χ3n) is 11.1. The lowest BCUT2D eigenvalue weighted by Crippen LogP contribution is -2.52. The van der Waals surface area contributed by atoms with Gasteiger partial charge in [0.2, 0.25) is 0 Å². The lowest BCUT2D eigenvalue weighted by atomic mass is 9.46. The average molecular weight is 413 g/mol. The van der Waals surface area contributed by atoms with Crippen LogP contribution in [0.25, 0.3) is 0 Å². The van der Waals surface area contributed by atoms with Crippen LogP contribution in [0.15, 0.2) is 23.8 Å². The third-order valence-corrected chi connectivity index (χ3v) is 11.1. The summed E-state index contributed by atoms with van der Waals surface area (Å²) in [5.41, 5.74) is 4.22. The zero-order valence-electron chi connectivity index (χ0n) is 20.7. The Morgan fingerprint density at radius 2 is 1.73 bits per heavy atom. The Bertz CT molecular complexity index is 688. The molecule has 0 aliphatic heterocycles. The van der Waals surface area contributed by atoms with Crippen molar-refractivity contribution in [3.8, 4) is 0 Å². The van der Waals surface area contributed by atoms with Crippen molar-refractivity contribution >= 4 is 0 Å². The molecular weight excluding hydrogens is 364 g/mol. The SMILES string of the molecule is C=C(CC[C@@H](C)[C@H]1CC[C@H]2C3=CC[C@H]4[C@@H](C)[C@@H](O)CC[C@]4(C)[C@H]3CC[C@]12C)C(C)C. The topological polar surface area (TPSA) is 20.2 Å². The molecule has 0 saturated heterocycles. The summed E-state index contributed by atoms with van der Waals surface area (Å²) >= 11 is 0. The Kier molecular flexibility index (Phi) is 6.10. The van der Waals surface area contributed by atoms with E-state index in [0.717, 1.165) is 30.1 Å². The molecule has 170 valence electrons. The second-order valence-corrected chi connectivity index (χ2v) is 12.7. The van der Waals surface area contributed by atoms with E-state index >= 15 is 0 Å². The summed E-state index contributed by atoms with van der Waals surface area (Å²) in [7, 11) is 0. The van der Waals surface area contributed by atoms with Crippen molar-refractivity contribution in [2.75, 3.05) is 0 Å². The highest BCUT2D eigenvalue weighted by molar-refractivity contribution is 5.28. The molecule has 0 unspecified atom stereocenters.